The summed E-state index contributed by atoms with van der Waals surface area (Å²) in [5.41, 5.74) is 7.58. The molecular formula is C15H19ClN2OS. The molecule has 0 aliphatic rings. The first-order valence-corrected chi connectivity index (χ1v) is 7.88. The van der Waals surface area contributed by atoms with Crippen molar-refractivity contribution in [1.82, 2.24) is 0 Å². The van der Waals surface area contributed by atoms with Crippen LogP contribution in [0.2, 0.25) is 4.34 Å². The zero-order valence-electron chi connectivity index (χ0n) is 11.5. The summed E-state index contributed by atoms with van der Waals surface area (Å²) in [6.07, 6.45) is 1.92. The second kappa shape index (κ2) is 7.41. The monoisotopic (exact) mass is 310 g/mol. The lowest BCUT2D eigenvalue weighted by Gasteiger charge is -2.10. The number of hydrogen-bond acceptors (Lipinski definition) is 4. The number of nitrogen functional groups attached to an aromatic ring is 1. The third-order valence-corrected chi connectivity index (χ3v) is 4.02. The Kier molecular flexibility index (Phi) is 5.56. The molecule has 0 aliphatic heterocycles. The second-order valence-electron chi connectivity index (χ2n) is 4.52. The molecule has 5 heteroatoms. The predicted octanol–water partition coefficient (Wildman–Crippen LogP) is 4.43. The smallest absolute Gasteiger partial charge is 0.123 e. The minimum Gasteiger partial charge on any atom is -0.493 e. The van der Waals surface area contributed by atoms with Crippen LogP contribution in [0.1, 0.15) is 18.2 Å². The van der Waals surface area contributed by atoms with E-state index in [1.807, 2.05) is 24.3 Å². The number of nitrogens with one attached hydrogen (secondary N) is 1. The van der Waals surface area contributed by atoms with Gasteiger partial charge in [-0.1, -0.05) is 18.5 Å². The molecule has 1 heterocycles. The zero-order chi connectivity index (χ0) is 14.4. The Morgan fingerprint density at radius 1 is 1.30 bits per heavy atom. The fourth-order valence-electron chi connectivity index (χ4n) is 1.84. The van der Waals surface area contributed by atoms with Gasteiger partial charge in [-0.15, -0.1) is 11.3 Å². The summed E-state index contributed by atoms with van der Waals surface area (Å²) in [5, 5.41) is 3.36. The van der Waals surface area contributed by atoms with Crippen molar-refractivity contribution in [2.45, 2.75) is 19.8 Å². The minimum atomic E-state index is 0.705. The van der Waals surface area contributed by atoms with Crippen molar-refractivity contribution < 1.29 is 4.74 Å². The zero-order valence-corrected chi connectivity index (χ0v) is 13.1. The van der Waals surface area contributed by atoms with Crippen LogP contribution in [0.3, 0.4) is 0 Å². The molecular weight excluding hydrogens is 292 g/mol. The molecule has 0 radical (unpaired) electrons. The Morgan fingerprint density at radius 2 is 2.15 bits per heavy atom. The first-order chi connectivity index (χ1) is 9.67. The van der Waals surface area contributed by atoms with E-state index in [0.29, 0.717) is 12.3 Å². The van der Waals surface area contributed by atoms with Gasteiger partial charge in [-0.05, 0) is 31.0 Å². The van der Waals surface area contributed by atoms with Gasteiger partial charge < -0.3 is 15.8 Å². The summed E-state index contributed by atoms with van der Waals surface area (Å²) in [6, 6.07) is 9.73. The summed E-state index contributed by atoms with van der Waals surface area (Å²) in [4.78, 5) is 1.27. The number of anilines is 2. The lowest BCUT2D eigenvalue weighted by molar-refractivity contribution is 0.318. The van der Waals surface area contributed by atoms with Crippen LogP contribution < -0.4 is 15.8 Å². The molecule has 0 amide bonds. The molecule has 0 aliphatic carbocycles. The molecule has 0 saturated carbocycles. The van der Waals surface area contributed by atoms with Gasteiger partial charge in [-0.3, -0.25) is 0 Å². The molecule has 1 aromatic heterocycles. The largest absolute Gasteiger partial charge is 0.493 e. The molecule has 0 fully saturated rings. The maximum absolute atomic E-state index is 5.91. The Hall–Kier alpha value is -1.39. The molecule has 0 atom stereocenters. The summed E-state index contributed by atoms with van der Waals surface area (Å²) >= 11 is 7.53. The Bertz CT molecular complexity index is 557. The molecule has 0 bridgehead atoms. The van der Waals surface area contributed by atoms with Crippen LogP contribution in [-0.4, -0.2) is 13.2 Å². The highest BCUT2D eigenvalue weighted by Gasteiger charge is 2.01. The molecule has 0 spiro atoms. The molecule has 3 N–H and O–H groups in total. The van der Waals surface area contributed by atoms with Gasteiger partial charge >= 0.3 is 0 Å². The summed E-state index contributed by atoms with van der Waals surface area (Å²) in [7, 11) is 0. The number of thiophene rings is 1. The molecule has 20 heavy (non-hydrogen) atoms. The van der Waals surface area contributed by atoms with Crippen LogP contribution in [0, 0.1) is 0 Å². The predicted molar refractivity (Wildman–Crippen MR) is 88.2 cm³/mol. The summed E-state index contributed by atoms with van der Waals surface area (Å²) in [5.74, 6) is 0.813. The molecule has 2 aromatic rings. The summed E-state index contributed by atoms with van der Waals surface area (Å²) in [6.45, 7) is 3.63. The lowest BCUT2D eigenvalue weighted by Crippen LogP contribution is -2.05. The average molecular weight is 311 g/mol. The normalized spacial score (nSPS) is 10.5. The quantitative estimate of drug-likeness (QED) is 0.744. The standard InChI is InChI=1S/C15H19ClN2OS/c1-2-7-19-13-9-11(17)8-12(10-13)18-6-5-14-3-4-15(16)20-14/h3-4,8-10,18H,2,5-7,17H2,1H3. The maximum Gasteiger partial charge on any atom is 0.123 e. The van der Waals surface area contributed by atoms with E-state index in [4.69, 9.17) is 22.1 Å². The highest BCUT2D eigenvalue weighted by Crippen LogP contribution is 2.24. The van der Waals surface area contributed by atoms with Gasteiger partial charge in [-0.2, -0.15) is 0 Å². The number of nitrogens with two attached hydrogens (primary N) is 1. The van der Waals surface area contributed by atoms with Gasteiger partial charge in [0.05, 0.1) is 10.9 Å². The van der Waals surface area contributed by atoms with E-state index in [2.05, 4.69) is 18.3 Å². The SMILES string of the molecule is CCCOc1cc(N)cc(NCCc2ccc(Cl)s2)c1. The molecule has 3 nitrogen and oxygen atoms in total. The van der Waals surface area contributed by atoms with E-state index in [9.17, 15) is 0 Å². The van der Waals surface area contributed by atoms with E-state index in [-0.39, 0.29) is 0 Å². The van der Waals surface area contributed by atoms with Gasteiger partial charge in [0, 0.05) is 34.9 Å². The van der Waals surface area contributed by atoms with Gasteiger partial charge in [0.2, 0.25) is 0 Å². The van der Waals surface area contributed by atoms with Crippen LogP contribution in [0.25, 0.3) is 0 Å². The fourth-order valence-corrected chi connectivity index (χ4v) is 2.93. The third kappa shape index (κ3) is 4.62. The van der Waals surface area contributed by atoms with Crippen molar-refractivity contribution in [3.05, 3.63) is 39.5 Å². The Labute approximate surface area is 128 Å². The van der Waals surface area contributed by atoms with Crippen LogP contribution in [0.5, 0.6) is 5.75 Å². The second-order valence-corrected chi connectivity index (χ2v) is 6.32. The van der Waals surface area contributed by atoms with Crippen molar-refractivity contribution in [3.63, 3.8) is 0 Å². The van der Waals surface area contributed by atoms with Crippen molar-refractivity contribution in [2.24, 2.45) is 0 Å². The Balaban J connectivity index is 1.89. The van der Waals surface area contributed by atoms with Crippen molar-refractivity contribution >= 4 is 34.3 Å². The van der Waals surface area contributed by atoms with Crippen molar-refractivity contribution in [3.8, 4) is 5.75 Å². The highest BCUT2D eigenvalue weighted by atomic mass is 35.5. The lowest BCUT2D eigenvalue weighted by atomic mass is 10.2. The minimum absolute atomic E-state index is 0.705. The third-order valence-electron chi connectivity index (χ3n) is 2.73. The van der Waals surface area contributed by atoms with Crippen LogP contribution >= 0.6 is 22.9 Å². The number of ether oxygens (including phenoxy) is 1. The molecule has 0 saturated heterocycles. The maximum atomic E-state index is 5.91. The Morgan fingerprint density at radius 3 is 2.85 bits per heavy atom. The fraction of sp³-hybridized carbons (Fsp3) is 0.333. The average Bonchev–Trinajstić information content (AvgIpc) is 2.81. The number of halogens is 1. The first-order valence-electron chi connectivity index (χ1n) is 6.69. The number of hydrogen-bond donors (Lipinski definition) is 2. The summed E-state index contributed by atoms with van der Waals surface area (Å²) < 4.78 is 6.44. The number of rotatable bonds is 7. The molecule has 1 aromatic carbocycles. The van der Waals surface area contributed by atoms with Crippen molar-refractivity contribution in [1.29, 1.82) is 0 Å². The van der Waals surface area contributed by atoms with Gasteiger partial charge in [0.1, 0.15) is 5.75 Å². The number of benzene rings is 1. The van der Waals surface area contributed by atoms with E-state index in [1.165, 1.54) is 4.88 Å². The van der Waals surface area contributed by atoms with E-state index >= 15 is 0 Å². The van der Waals surface area contributed by atoms with E-state index in [0.717, 1.165) is 35.2 Å². The van der Waals surface area contributed by atoms with Gasteiger partial charge in [-0.25, -0.2) is 0 Å². The van der Waals surface area contributed by atoms with Gasteiger partial charge in [0.15, 0.2) is 0 Å². The van der Waals surface area contributed by atoms with Crippen molar-refractivity contribution in [2.75, 3.05) is 24.2 Å². The van der Waals surface area contributed by atoms with Gasteiger partial charge in [0.25, 0.3) is 0 Å². The van der Waals surface area contributed by atoms with E-state index < -0.39 is 0 Å². The molecule has 2 rings (SSSR count). The van der Waals surface area contributed by atoms with Crippen LogP contribution in [0.15, 0.2) is 30.3 Å². The van der Waals surface area contributed by atoms with Crippen LogP contribution in [-0.2, 0) is 6.42 Å². The van der Waals surface area contributed by atoms with Crippen LogP contribution in [0.4, 0.5) is 11.4 Å². The highest BCUT2D eigenvalue weighted by molar-refractivity contribution is 7.16. The topological polar surface area (TPSA) is 47.3 Å². The molecule has 108 valence electrons. The molecule has 0 unspecified atom stereocenters. The van der Waals surface area contributed by atoms with E-state index in [1.54, 1.807) is 11.3 Å². The first kappa shape index (κ1) is 15.0.